The van der Waals surface area contributed by atoms with E-state index < -0.39 is 30.2 Å². The number of aliphatic hydroxyl groups excluding tert-OH is 2. The molecule has 2 rings (SSSR count). The molecular weight excluding hydrogens is 330 g/mol. The van der Waals surface area contributed by atoms with E-state index in [2.05, 4.69) is 11.9 Å². The van der Waals surface area contributed by atoms with Gasteiger partial charge in [-0.1, -0.05) is 26.2 Å². The van der Waals surface area contributed by atoms with Crippen LogP contribution in [0, 0.1) is 0 Å². The fourth-order valence-corrected chi connectivity index (χ4v) is 2.66. The Bertz CT molecular complexity index is 635. The first kappa shape index (κ1) is 19.4. The summed E-state index contributed by atoms with van der Waals surface area (Å²) in [5.74, 6) is -0.334. The van der Waals surface area contributed by atoms with Gasteiger partial charge in [0.05, 0.1) is 0 Å². The summed E-state index contributed by atoms with van der Waals surface area (Å²) in [4.78, 5) is 27.1. The minimum Gasteiger partial charge on any atom is -0.463 e. The minimum absolute atomic E-state index is 0.0443. The van der Waals surface area contributed by atoms with Crippen LogP contribution in [0.4, 0.5) is 5.82 Å². The number of nitrogen functional groups attached to an aromatic ring is 1. The highest BCUT2D eigenvalue weighted by Crippen LogP contribution is 2.28. The quantitative estimate of drug-likeness (QED) is 0.436. The monoisotopic (exact) mass is 355 g/mol. The van der Waals surface area contributed by atoms with Gasteiger partial charge in [0.1, 0.15) is 30.7 Å². The molecule has 0 aromatic carbocycles. The molecule has 1 aromatic heterocycles. The van der Waals surface area contributed by atoms with Crippen molar-refractivity contribution < 1.29 is 24.5 Å². The highest BCUT2D eigenvalue weighted by atomic mass is 16.6. The lowest BCUT2D eigenvalue weighted by Crippen LogP contribution is -2.36. The predicted molar refractivity (Wildman–Crippen MR) is 88.6 cm³/mol. The number of hydrogen-bond donors (Lipinski definition) is 3. The summed E-state index contributed by atoms with van der Waals surface area (Å²) in [5.41, 5.74) is 4.72. The molecule has 1 aliphatic rings. The molecule has 4 N–H and O–H groups in total. The Morgan fingerprint density at radius 3 is 2.80 bits per heavy atom. The Balaban J connectivity index is 1.89. The van der Waals surface area contributed by atoms with Crippen molar-refractivity contribution in [1.82, 2.24) is 9.55 Å². The third kappa shape index (κ3) is 5.00. The molecule has 1 aliphatic heterocycles. The van der Waals surface area contributed by atoms with Crippen LogP contribution >= 0.6 is 0 Å². The number of aromatic nitrogens is 2. The highest BCUT2D eigenvalue weighted by molar-refractivity contribution is 5.69. The first-order valence-electron chi connectivity index (χ1n) is 8.46. The molecule has 25 heavy (non-hydrogen) atoms. The number of ether oxygens (including phenoxy) is 2. The third-order valence-electron chi connectivity index (χ3n) is 4.11. The second kappa shape index (κ2) is 8.93. The largest absolute Gasteiger partial charge is 0.463 e. The van der Waals surface area contributed by atoms with Gasteiger partial charge in [-0.3, -0.25) is 9.36 Å². The number of hydrogen-bond acceptors (Lipinski definition) is 8. The number of unbranched alkanes of at least 4 members (excludes halogenated alkanes) is 3. The van der Waals surface area contributed by atoms with E-state index in [9.17, 15) is 19.8 Å². The van der Waals surface area contributed by atoms with Gasteiger partial charge < -0.3 is 25.4 Å². The van der Waals surface area contributed by atoms with Crippen LogP contribution in [0.25, 0.3) is 0 Å². The SMILES string of the molecule is CCCCCCC(=O)OC[C@H]1O[C@@H](n2ccc(N)nc2=O)[C@H](O)[C@@H]1O. The normalized spacial score (nSPS) is 25.9. The topological polar surface area (TPSA) is 137 Å². The number of anilines is 1. The Morgan fingerprint density at radius 2 is 2.12 bits per heavy atom. The van der Waals surface area contributed by atoms with Crippen LogP contribution in [0.2, 0.25) is 0 Å². The molecule has 4 atom stereocenters. The predicted octanol–water partition coefficient (Wildman–Crippen LogP) is -0.0417. The molecule has 1 saturated heterocycles. The van der Waals surface area contributed by atoms with E-state index in [4.69, 9.17) is 15.2 Å². The van der Waals surface area contributed by atoms with E-state index in [1.807, 2.05) is 0 Å². The molecule has 0 unspecified atom stereocenters. The van der Waals surface area contributed by atoms with Crippen LogP contribution in [-0.4, -0.2) is 50.7 Å². The first-order valence-corrected chi connectivity index (χ1v) is 8.46. The zero-order chi connectivity index (χ0) is 18.4. The molecule has 9 nitrogen and oxygen atoms in total. The van der Waals surface area contributed by atoms with Crippen LogP contribution in [0.5, 0.6) is 0 Å². The summed E-state index contributed by atoms with van der Waals surface area (Å²) in [6.07, 6.45) is 0.794. The highest BCUT2D eigenvalue weighted by Gasteiger charge is 2.44. The van der Waals surface area contributed by atoms with Crippen molar-refractivity contribution in [3.8, 4) is 0 Å². The average molecular weight is 355 g/mol. The van der Waals surface area contributed by atoms with Crippen molar-refractivity contribution in [3.63, 3.8) is 0 Å². The standard InChI is InChI=1S/C16H25N3O6/c1-2-3-4-5-6-12(20)24-9-10-13(21)14(22)15(25-10)19-8-7-11(17)18-16(19)23/h7-8,10,13-15,21-22H,2-6,9H2,1H3,(H2,17,18,23)/t10-,13-,14-,15-/m1/s1. The number of nitrogens with zero attached hydrogens (tertiary/aromatic N) is 2. The second-order valence-electron chi connectivity index (χ2n) is 6.08. The zero-order valence-corrected chi connectivity index (χ0v) is 14.2. The van der Waals surface area contributed by atoms with E-state index >= 15 is 0 Å². The van der Waals surface area contributed by atoms with Crippen LogP contribution in [0.15, 0.2) is 17.1 Å². The van der Waals surface area contributed by atoms with Gasteiger partial charge in [0.15, 0.2) is 6.23 Å². The molecule has 0 aliphatic carbocycles. The fraction of sp³-hybridized carbons (Fsp3) is 0.688. The molecule has 0 saturated carbocycles. The number of rotatable bonds is 8. The summed E-state index contributed by atoms with van der Waals surface area (Å²) in [6.45, 7) is 1.89. The number of esters is 1. The van der Waals surface area contributed by atoms with Crippen molar-refractivity contribution in [2.24, 2.45) is 0 Å². The van der Waals surface area contributed by atoms with E-state index in [0.717, 1.165) is 30.3 Å². The Kier molecular flexibility index (Phi) is 6.91. The van der Waals surface area contributed by atoms with Crippen molar-refractivity contribution >= 4 is 11.8 Å². The lowest BCUT2D eigenvalue weighted by Gasteiger charge is -2.16. The van der Waals surface area contributed by atoms with Gasteiger partial charge in [0.2, 0.25) is 0 Å². The fourth-order valence-electron chi connectivity index (χ4n) is 2.66. The van der Waals surface area contributed by atoms with Gasteiger partial charge in [-0.25, -0.2) is 4.79 Å². The molecule has 140 valence electrons. The smallest absolute Gasteiger partial charge is 0.351 e. The van der Waals surface area contributed by atoms with Gasteiger partial charge >= 0.3 is 11.7 Å². The molecule has 0 spiro atoms. The van der Waals surface area contributed by atoms with Crippen LogP contribution in [0.1, 0.15) is 45.3 Å². The molecule has 0 amide bonds. The molecule has 0 radical (unpaired) electrons. The number of aliphatic hydroxyl groups is 2. The average Bonchev–Trinajstić information content (AvgIpc) is 2.85. The maximum Gasteiger partial charge on any atom is 0.351 e. The zero-order valence-electron chi connectivity index (χ0n) is 14.2. The lowest BCUT2D eigenvalue weighted by molar-refractivity contribution is -0.150. The van der Waals surface area contributed by atoms with E-state index in [1.54, 1.807) is 0 Å². The van der Waals surface area contributed by atoms with E-state index in [-0.39, 0.29) is 18.4 Å². The van der Waals surface area contributed by atoms with Crippen LogP contribution in [0.3, 0.4) is 0 Å². The molecule has 9 heteroatoms. The van der Waals surface area contributed by atoms with Gasteiger partial charge in [-0.05, 0) is 12.5 Å². The summed E-state index contributed by atoms with van der Waals surface area (Å²) >= 11 is 0. The van der Waals surface area contributed by atoms with Crippen molar-refractivity contribution in [2.45, 2.75) is 63.6 Å². The number of carbonyl (C=O) groups is 1. The molecule has 2 heterocycles. The van der Waals surface area contributed by atoms with Gasteiger partial charge in [0, 0.05) is 12.6 Å². The molecular formula is C16H25N3O6. The van der Waals surface area contributed by atoms with Crippen molar-refractivity contribution in [1.29, 1.82) is 0 Å². The number of nitrogens with two attached hydrogens (primary N) is 1. The van der Waals surface area contributed by atoms with Crippen molar-refractivity contribution in [3.05, 3.63) is 22.7 Å². The van der Waals surface area contributed by atoms with Gasteiger partial charge in [-0.2, -0.15) is 4.98 Å². The third-order valence-corrected chi connectivity index (χ3v) is 4.11. The summed E-state index contributed by atoms with van der Waals surface area (Å²) < 4.78 is 11.6. The maximum atomic E-state index is 11.8. The van der Waals surface area contributed by atoms with Gasteiger partial charge in [0.25, 0.3) is 0 Å². The molecule has 1 aromatic rings. The first-order chi connectivity index (χ1) is 11.9. The van der Waals surface area contributed by atoms with Crippen LogP contribution < -0.4 is 11.4 Å². The summed E-state index contributed by atoms with van der Waals surface area (Å²) in [6, 6.07) is 1.38. The Labute approximate surface area is 145 Å². The van der Waals surface area contributed by atoms with Gasteiger partial charge in [-0.15, -0.1) is 0 Å². The number of carbonyl (C=O) groups excluding carboxylic acids is 1. The maximum absolute atomic E-state index is 11.8. The van der Waals surface area contributed by atoms with Crippen molar-refractivity contribution in [2.75, 3.05) is 12.3 Å². The Morgan fingerprint density at radius 1 is 1.36 bits per heavy atom. The van der Waals surface area contributed by atoms with Crippen LogP contribution in [-0.2, 0) is 14.3 Å². The Hall–Kier alpha value is -1.97. The lowest BCUT2D eigenvalue weighted by atomic mass is 10.1. The molecule has 1 fully saturated rings. The second-order valence-corrected chi connectivity index (χ2v) is 6.08. The molecule has 0 bridgehead atoms. The summed E-state index contributed by atoms with van der Waals surface area (Å²) in [5, 5.41) is 20.2. The summed E-state index contributed by atoms with van der Waals surface area (Å²) in [7, 11) is 0. The van der Waals surface area contributed by atoms with E-state index in [1.165, 1.54) is 12.3 Å². The van der Waals surface area contributed by atoms with E-state index in [0.29, 0.717) is 6.42 Å². The minimum atomic E-state index is -1.35.